The zero-order valence-corrected chi connectivity index (χ0v) is 15.0. The Morgan fingerprint density at radius 2 is 1.74 bits per heavy atom. The molecule has 1 unspecified atom stereocenters. The molecule has 1 saturated heterocycles. The van der Waals surface area contributed by atoms with Gasteiger partial charge in [-0.1, -0.05) is 30.3 Å². The zero-order valence-electron chi connectivity index (χ0n) is 15.0. The topological polar surface area (TPSA) is 52.7 Å². The van der Waals surface area contributed by atoms with E-state index in [4.69, 9.17) is 0 Å². The third kappa shape index (κ3) is 4.01. The van der Waals surface area contributed by atoms with Gasteiger partial charge in [-0.05, 0) is 42.7 Å². The first kappa shape index (κ1) is 17.7. The molecule has 4 rings (SSSR count). The van der Waals surface area contributed by atoms with Gasteiger partial charge in [-0.3, -0.25) is 14.5 Å². The lowest BCUT2D eigenvalue weighted by Gasteiger charge is -2.38. The molecule has 0 bridgehead atoms. The minimum atomic E-state index is -0.568. The van der Waals surface area contributed by atoms with Gasteiger partial charge in [0, 0.05) is 24.8 Å². The van der Waals surface area contributed by atoms with Gasteiger partial charge in [-0.25, -0.2) is 4.39 Å². The van der Waals surface area contributed by atoms with Crippen molar-refractivity contribution in [3.05, 3.63) is 66.0 Å². The van der Waals surface area contributed by atoms with E-state index in [1.807, 2.05) is 40.1 Å². The van der Waals surface area contributed by atoms with Gasteiger partial charge in [0.25, 0.3) is 0 Å². The van der Waals surface area contributed by atoms with E-state index in [1.54, 1.807) is 0 Å². The predicted molar refractivity (Wildman–Crippen MR) is 101 cm³/mol. The first-order valence-electron chi connectivity index (χ1n) is 9.27. The van der Waals surface area contributed by atoms with Crippen LogP contribution in [0.5, 0.6) is 0 Å². The highest BCUT2D eigenvalue weighted by molar-refractivity contribution is 5.96. The molecule has 1 aliphatic carbocycles. The molecule has 1 aliphatic heterocycles. The quantitative estimate of drug-likeness (QED) is 0.884. The lowest BCUT2D eigenvalue weighted by Crippen LogP contribution is -2.53. The number of anilines is 1. The van der Waals surface area contributed by atoms with Crippen molar-refractivity contribution in [1.82, 2.24) is 9.80 Å². The molecule has 1 saturated carbocycles. The summed E-state index contributed by atoms with van der Waals surface area (Å²) in [6.07, 6.45) is 2.16. The first-order valence-corrected chi connectivity index (χ1v) is 9.27. The maximum Gasteiger partial charge on any atom is 0.246 e. The molecular weight excluding hydrogens is 345 g/mol. The van der Waals surface area contributed by atoms with Crippen molar-refractivity contribution in [1.29, 1.82) is 0 Å². The number of carbonyl (C=O) groups is 2. The van der Waals surface area contributed by atoms with Crippen LogP contribution >= 0.6 is 0 Å². The molecule has 140 valence electrons. The van der Waals surface area contributed by atoms with Crippen molar-refractivity contribution in [2.45, 2.75) is 24.9 Å². The number of rotatable bonds is 5. The summed E-state index contributed by atoms with van der Waals surface area (Å²) in [5.74, 6) is -0.492. The normalized spacial score (nSPS) is 19.0. The molecule has 0 spiro atoms. The monoisotopic (exact) mass is 367 g/mol. The van der Waals surface area contributed by atoms with Gasteiger partial charge >= 0.3 is 0 Å². The second-order valence-electron chi connectivity index (χ2n) is 7.10. The standard InChI is InChI=1S/C21H22FN3O2/c22-16-6-8-17(9-7-16)23-21(27)20(15-4-2-1-3-5-15)24-12-13-25(18-10-11-18)19(26)14-24/h1-9,18,20H,10-14H2,(H,23,27). The van der Waals surface area contributed by atoms with Crippen LogP contribution in [0.1, 0.15) is 24.4 Å². The number of nitrogens with zero attached hydrogens (tertiary/aromatic N) is 2. The average Bonchev–Trinajstić information content (AvgIpc) is 3.50. The highest BCUT2D eigenvalue weighted by Gasteiger charge is 2.39. The summed E-state index contributed by atoms with van der Waals surface area (Å²) in [4.78, 5) is 29.5. The highest BCUT2D eigenvalue weighted by atomic mass is 19.1. The van der Waals surface area contributed by atoms with Crippen molar-refractivity contribution in [3.8, 4) is 0 Å². The minimum Gasteiger partial charge on any atom is -0.337 e. The fourth-order valence-electron chi connectivity index (χ4n) is 3.60. The van der Waals surface area contributed by atoms with Gasteiger partial charge in [-0.15, -0.1) is 0 Å². The molecule has 2 fully saturated rings. The van der Waals surface area contributed by atoms with Crippen LogP contribution in [0.2, 0.25) is 0 Å². The van der Waals surface area contributed by atoms with Crippen molar-refractivity contribution in [2.24, 2.45) is 0 Å². The average molecular weight is 367 g/mol. The summed E-state index contributed by atoms with van der Waals surface area (Å²) < 4.78 is 13.1. The van der Waals surface area contributed by atoms with E-state index in [1.165, 1.54) is 24.3 Å². The van der Waals surface area contributed by atoms with Gasteiger partial charge in [0.15, 0.2) is 0 Å². The first-order chi connectivity index (χ1) is 13.1. The van der Waals surface area contributed by atoms with E-state index in [0.29, 0.717) is 24.8 Å². The van der Waals surface area contributed by atoms with E-state index < -0.39 is 6.04 Å². The van der Waals surface area contributed by atoms with Gasteiger partial charge < -0.3 is 10.2 Å². The molecular formula is C21H22FN3O2. The summed E-state index contributed by atoms with van der Waals surface area (Å²) in [7, 11) is 0. The Balaban J connectivity index is 1.54. The SMILES string of the molecule is O=C(Nc1ccc(F)cc1)C(c1ccccc1)N1CCN(C2CC2)C(=O)C1. The summed E-state index contributed by atoms with van der Waals surface area (Å²) in [6, 6.07) is 15.0. The molecule has 2 aromatic carbocycles. The molecule has 2 amide bonds. The Morgan fingerprint density at radius 3 is 2.37 bits per heavy atom. The number of nitrogens with one attached hydrogen (secondary N) is 1. The number of halogens is 1. The van der Waals surface area contributed by atoms with Crippen LogP contribution in [0.3, 0.4) is 0 Å². The van der Waals surface area contributed by atoms with Crippen LogP contribution in [0.4, 0.5) is 10.1 Å². The van der Waals surface area contributed by atoms with Gasteiger partial charge in [0.2, 0.25) is 11.8 Å². The smallest absolute Gasteiger partial charge is 0.246 e. The molecule has 1 heterocycles. The van der Waals surface area contributed by atoms with Crippen LogP contribution in [0.25, 0.3) is 0 Å². The lowest BCUT2D eigenvalue weighted by molar-refractivity contribution is -0.139. The van der Waals surface area contributed by atoms with Gasteiger partial charge in [0.1, 0.15) is 11.9 Å². The summed E-state index contributed by atoms with van der Waals surface area (Å²) in [5.41, 5.74) is 1.37. The van der Waals surface area contributed by atoms with E-state index in [2.05, 4.69) is 5.32 Å². The molecule has 5 nitrogen and oxygen atoms in total. The molecule has 2 aromatic rings. The fraction of sp³-hybridized carbons (Fsp3) is 0.333. The van der Waals surface area contributed by atoms with Crippen molar-refractivity contribution >= 4 is 17.5 Å². The maximum atomic E-state index is 13.1. The van der Waals surface area contributed by atoms with Crippen LogP contribution in [0.15, 0.2) is 54.6 Å². The van der Waals surface area contributed by atoms with E-state index in [9.17, 15) is 14.0 Å². The third-order valence-electron chi connectivity index (χ3n) is 5.12. The lowest BCUT2D eigenvalue weighted by atomic mass is 10.0. The molecule has 27 heavy (non-hydrogen) atoms. The van der Waals surface area contributed by atoms with Crippen molar-refractivity contribution < 1.29 is 14.0 Å². The van der Waals surface area contributed by atoms with Crippen LogP contribution in [0, 0.1) is 5.82 Å². The number of hydrogen-bond donors (Lipinski definition) is 1. The van der Waals surface area contributed by atoms with Crippen LogP contribution < -0.4 is 5.32 Å². The fourth-order valence-corrected chi connectivity index (χ4v) is 3.60. The van der Waals surface area contributed by atoms with Crippen molar-refractivity contribution in [2.75, 3.05) is 25.0 Å². The Morgan fingerprint density at radius 1 is 1.04 bits per heavy atom. The summed E-state index contributed by atoms with van der Waals surface area (Å²) >= 11 is 0. The Hall–Kier alpha value is -2.73. The number of piperazine rings is 1. The Bertz CT molecular complexity index is 821. The number of benzene rings is 2. The largest absolute Gasteiger partial charge is 0.337 e. The molecule has 0 radical (unpaired) electrons. The second-order valence-corrected chi connectivity index (χ2v) is 7.10. The van der Waals surface area contributed by atoms with E-state index in [0.717, 1.165) is 18.4 Å². The minimum absolute atomic E-state index is 0.0827. The number of amides is 2. The molecule has 6 heteroatoms. The molecule has 1 N–H and O–H groups in total. The van der Waals surface area contributed by atoms with Crippen LogP contribution in [-0.2, 0) is 9.59 Å². The van der Waals surface area contributed by atoms with Gasteiger partial charge in [0.05, 0.1) is 6.54 Å². The highest BCUT2D eigenvalue weighted by Crippen LogP contribution is 2.30. The number of hydrogen-bond acceptors (Lipinski definition) is 3. The summed E-state index contributed by atoms with van der Waals surface area (Å²) in [6.45, 7) is 1.53. The summed E-state index contributed by atoms with van der Waals surface area (Å²) in [5, 5.41) is 2.85. The maximum absolute atomic E-state index is 13.1. The molecule has 0 aromatic heterocycles. The van der Waals surface area contributed by atoms with Crippen LogP contribution in [-0.4, -0.2) is 47.3 Å². The molecule has 1 atom stereocenters. The second kappa shape index (κ2) is 7.48. The zero-order chi connectivity index (χ0) is 18.8. The van der Waals surface area contributed by atoms with E-state index in [-0.39, 0.29) is 24.2 Å². The Labute approximate surface area is 157 Å². The molecule has 2 aliphatic rings. The van der Waals surface area contributed by atoms with Crippen molar-refractivity contribution in [3.63, 3.8) is 0 Å². The van der Waals surface area contributed by atoms with Gasteiger partial charge in [-0.2, -0.15) is 0 Å². The number of carbonyl (C=O) groups excluding carboxylic acids is 2. The third-order valence-corrected chi connectivity index (χ3v) is 5.12. The Kier molecular flexibility index (Phi) is 4.90. The van der Waals surface area contributed by atoms with E-state index >= 15 is 0 Å². The predicted octanol–water partition coefficient (Wildman–Crippen LogP) is 2.81.